The van der Waals surface area contributed by atoms with E-state index in [9.17, 15) is 0 Å². The quantitative estimate of drug-likeness (QED) is 0.0783. The molecule has 0 amide bonds. The average molecular weight is 532 g/mol. The summed E-state index contributed by atoms with van der Waals surface area (Å²) in [6.45, 7) is 9.39. The van der Waals surface area contributed by atoms with Gasteiger partial charge >= 0.3 is 0 Å². The normalized spacial score (nSPS) is 13.3. The summed E-state index contributed by atoms with van der Waals surface area (Å²) in [6.07, 6.45) is 42.7. The van der Waals surface area contributed by atoms with Crippen LogP contribution in [0.1, 0.15) is 219 Å². The molecule has 2 heteroatoms. The summed E-state index contributed by atoms with van der Waals surface area (Å²) in [5.74, 6) is 2.24. The van der Waals surface area contributed by atoms with Crippen molar-refractivity contribution < 1.29 is 4.57 Å². The average Bonchev–Trinajstić information content (AvgIpc) is 3.42. The first-order valence-electron chi connectivity index (χ1n) is 17.8. The van der Waals surface area contributed by atoms with Gasteiger partial charge in [0.2, 0.25) is 0 Å². The Morgan fingerprint density at radius 1 is 0.500 bits per heavy atom. The van der Waals surface area contributed by atoms with Gasteiger partial charge < -0.3 is 0 Å². The number of rotatable bonds is 29. The lowest BCUT2D eigenvalue weighted by Gasteiger charge is -2.17. The first-order valence-corrected chi connectivity index (χ1v) is 17.8. The smallest absolute Gasteiger partial charge is 0.247 e. The standard InChI is InChI=1S/C36H70N2/c1-5-8-11-14-16-17-18-19-20-22-25-28-31-35(30-27-24-21-15-12-9-6-2)36-37-32-33-38(36)34(4)29-26-23-13-10-7-3/h32-35H,5-31H2,1-4H3/p+1. The monoisotopic (exact) mass is 532 g/mol. The molecule has 1 N–H and O–H groups in total. The van der Waals surface area contributed by atoms with Crippen molar-refractivity contribution in [3.63, 3.8) is 0 Å². The van der Waals surface area contributed by atoms with Crippen LogP contribution in [0.25, 0.3) is 0 Å². The highest BCUT2D eigenvalue weighted by Crippen LogP contribution is 2.27. The zero-order chi connectivity index (χ0) is 27.5. The molecule has 0 aliphatic rings. The molecular weight excluding hydrogens is 460 g/mol. The number of aromatic nitrogens is 2. The molecule has 0 radical (unpaired) electrons. The van der Waals surface area contributed by atoms with E-state index >= 15 is 0 Å². The Morgan fingerprint density at radius 2 is 0.842 bits per heavy atom. The van der Waals surface area contributed by atoms with E-state index in [1.807, 2.05) is 0 Å². The third kappa shape index (κ3) is 18.5. The van der Waals surface area contributed by atoms with Gasteiger partial charge in [0.15, 0.2) is 0 Å². The molecule has 0 aromatic carbocycles. The van der Waals surface area contributed by atoms with Crippen LogP contribution in [0.5, 0.6) is 0 Å². The van der Waals surface area contributed by atoms with E-state index in [-0.39, 0.29) is 0 Å². The van der Waals surface area contributed by atoms with Crippen LogP contribution < -0.4 is 4.57 Å². The molecule has 0 spiro atoms. The van der Waals surface area contributed by atoms with Crippen molar-refractivity contribution in [2.75, 3.05) is 0 Å². The summed E-state index contributed by atoms with van der Waals surface area (Å²) in [6, 6.07) is 0.622. The highest BCUT2D eigenvalue weighted by Gasteiger charge is 2.25. The Bertz CT molecular complexity index is 592. The molecule has 38 heavy (non-hydrogen) atoms. The van der Waals surface area contributed by atoms with Crippen LogP contribution in [0.4, 0.5) is 0 Å². The third-order valence-electron chi connectivity index (χ3n) is 8.89. The largest absolute Gasteiger partial charge is 0.257 e. The molecule has 0 aliphatic carbocycles. The van der Waals surface area contributed by atoms with Crippen molar-refractivity contribution in [3.05, 3.63) is 18.2 Å². The number of aromatic amines is 1. The molecule has 0 saturated carbocycles. The zero-order valence-corrected chi connectivity index (χ0v) is 26.8. The third-order valence-corrected chi connectivity index (χ3v) is 8.89. The highest BCUT2D eigenvalue weighted by molar-refractivity contribution is 4.90. The van der Waals surface area contributed by atoms with Crippen LogP contribution in [0, 0.1) is 0 Å². The van der Waals surface area contributed by atoms with Gasteiger partial charge in [0.05, 0.1) is 12.0 Å². The fourth-order valence-corrected chi connectivity index (χ4v) is 6.25. The number of nitrogens with zero attached hydrogens (tertiary/aromatic N) is 1. The van der Waals surface area contributed by atoms with Crippen LogP contribution in [-0.4, -0.2) is 4.98 Å². The number of H-pyrrole nitrogens is 1. The summed E-state index contributed by atoms with van der Waals surface area (Å²) >= 11 is 0. The van der Waals surface area contributed by atoms with E-state index in [0.29, 0.717) is 12.0 Å². The molecular formula is C36H71N2+. The van der Waals surface area contributed by atoms with Gasteiger partial charge in [-0.25, -0.2) is 9.55 Å². The van der Waals surface area contributed by atoms with Crippen molar-refractivity contribution in [2.24, 2.45) is 0 Å². The summed E-state index contributed by atoms with van der Waals surface area (Å²) in [5.41, 5.74) is 0. The van der Waals surface area contributed by atoms with Crippen LogP contribution in [0.3, 0.4) is 0 Å². The number of unbranched alkanes of at least 4 members (excludes halogenated alkanes) is 21. The lowest BCUT2D eigenvalue weighted by atomic mass is 9.92. The zero-order valence-electron chi connectivity index (χ0n) is 26.8. The minimum absolute atomic E-state index is 0.622. The van der Waals surface area contributed by atoms with Gasteiger partial charge in [0.25, 0.3) is 5.82 Å². The predicted molar refractivity (Wildman–Crippen MR) is 170 cm³/mol. The fourth-order valence-electron chi connectivity index (χ4n) is 6.25. The number of hydrogen-bond acceptors (Lipinski definition) is 0. The molecule has 1 aromatic rings. The molecule has 1 heterocycles. The summed E-state index contributed by atoms with van der Waals surface area (Å²) in [7, 11) is 0. The van der Waals surface area contributed by atoms with Crippen molar-refractivity contribution in [1.29, 1.82) is 0 Å². The molecule has 0 bridgehead atoms. The Labute approximate surface area is 240 Å². The first kappa shape index (κ1) is 35.2. The maximum Gasteiger partial charge on any atom is 0.257 e. The van der Waals surface area contributed by atoms with Crippen LogP contribution in [-0.2, 0) is 0 Å². The number of hydrogen-bond donors (Lipinski definition) is 1. The van der Waals surface area contributed by atoms with Gasteiger partial charge in [-0.15, -0.1) is 0 Å². The second-order valence-corrected chi connectivity index (χ2v) is 12.6. The van der Waals surface area contributed by atoms with Crippen molar-refractivity contribution in [2.45, 2.75) is 213 Å². The van der Waals surface area contributed by atoms with Gasteiger partial charge in [-0.3, -0.25) is 0 Å². The predicted octanol–water partition coefficient (Wildman–Crippen LogP) is 12.5. The van der Waals surface area contributed by atoms with E-state index in [0.717, 1.165) is 0 Å². The minimum Gasteiger partial charge on any atom is -0.247 e. The molecule has 2 unspecified atom stereocenters. The van der Waals surface area contributed by atoms with E-state index in [4.69, 9.17) is 0 Å². The van der Waals surface area contributed by atoms with Gasteiger partial charge in [-0.2, -0.15) is 0 Å². The Morgan fingerprint density at radius 3 is 1.24 bits per heavy atom. The lowest BCUT2D eigenvalue weighted by Crippen LogP contribution is -2.41. The topological polar surface area (TPSA) is 19.7 Å². The van der Waals surface area contributed by atoms with Gasteiger partial charge in [0, 0.05) is 0 Å². The van der Waals surface area contributed by atoms with Gasteiger partial charge in [-0.1, -0.05) is 168 Å². The second kappa shape index (κ2) is 26.4. The number of imidazole rings is 1. The Kier molecular flexibility index (Phi) is 24.5. The second-order valence-electron chi connectivity index (χ2n) is 12.6. The van der Waals surface area contributed by atoms with Crippen LogP contribution in [0.15, 0.2) is 12.4 Å². The molecule has 0 aliphatic heterocycles. The van der Waals surface area contributed by atoms with Crippen molar-refractivity contribution >= 4 is 0 Å². The maximum atomic E-state index is 3.72. The van der Waals surface area contributed by atoms with Crippen molar-refractivity contribution in [1.82, 2.24) is 4.98 Å². The van der Waals surface area contributed by atoms with E-state index in [1.54, 1.807) is 0 Å². The van der Waals surface area contributed by atoms with Crippen LogP contribution >= 0.6 is 0 Å². The van der Waals surface area contributed by atoms with E-state index in [2.05, 4.69) is 49.6 Å². The fraction of sp³-hybridized carbons (Fsp3) is 0.917. The van der Waals surface area contributed by atoms with E-state index < -0.39 is 0 Å². The van der Waals surface area contributed by atoms with Crippen molar-refractivity contribution in [3.8, 4) is 0 Å². The molecule has 2 atom stereocenters. The lowest BCUT2D eigenvalue weighted by molar-refractivity contribution is -0.727. The van der Waals surface area contributed by atoms with Crippen LogP contribution in [0.2, 0.25) is 0 Å². The SMILES string of the molecule is CCCCCCCCCCCCCCC(CCCCCCCCC)c1[nH]cc[n+]1C(C)CCCCCCC. The van der Waals surface area contributed by atoms with E-state index in [1.165, 1.54) is 179 Å². The molecule has 1 aromatic heterocycles. The molecule has 0 fully saturated rings. The maximum absolute atomic E-state index is 3.72. The number of nitrogens with one attached hydrogen (secondary N) is 1. The molecule has 0 saturated heterocycles. The van der Waals surface area contributed by atoms with Gasteiger partial charge in [-0.05, 0) is 32.6 Å². The molecule has 1 rings (SSSR count). The van der Waals surface area contributed by atoms with Gasteiger partial charge in [0.1, 0.15) is 12.4 Å². The minimum atomic E-state index is 0.622. The summed E-state index contributed by atoms with van der Waals surface area (Å²) in [5, 5.41) is 0. The Hall–Kier alpha value is -0.790. The highest BCUT2D eigenvalue weighted by atomic mass is 15.1. The first-order chi connectivity index (χ1) is 18.7. The summed E-state index contributed by atoms with van der Waals surface area (Å²) < 4.78 is 2.62. The molecule has 224 valence electrons. The molecule has 2 nitrogen and oxygen atoms in total. The summed E-state index contributed by atoms with van der Waals surface area (Å²) in [4.78, 5) is 3.72. The Balaban J connectivity index is 2.42.